The van der Waals surface area contributed by atoms with Crippen molar-refractivity contribution in [1.29, 1.82) is 0 Å². The van der Waals surface area contributed by atoms with Gasteiger partial charge in [-0.3, -0.25) is 19.4 Å². The van der Waals surface area contributed by atoms with Crippen molar-refractivity contribution in [2.45, 2.75) is 33.2 Å². The first-order valence-corrected chi connectivity index (χ1v) is 9.00. The van der Waals surface area contributed by atoms with Gasteiger partial charge in [-0.2, -0.15) is 0 Å². The smallest absolute Gasteiger partial charge is 0.255 e. The molecule has 0 unspecified atom stereocenters. The molecule has 7 heteroatoms. The van der Waals surface area contributed by atoms with Crippen LogP contribution in [-0.2, 0) is 9.59 Å². The third kappa shape index (κ3) is 3.49. The number of fused-ring (bicyclic) bond motifs is 1. The van der Waals surface area contributed by atoms with Crippen molar-refractivity contribution in [1.82, 2.24) is 20.5 Å². The van der Waals surface area contributed by atoms with Crippen molar-refractivity contribution < 1.29 is 14.4 Å². The Kier molecular flexibility index (Phi) is 5.12. The van der Waals surface area contributed by atoms with E-state index in [0.717, 1.165) is 27.7 Å². The van der Waals surface area contributed by atoms with E-state index in [4.69, 9.17) is 0 Å². The quantitative estimate of drug-likeness (QED) is 0.853. The summed E-state index contributed by atoms with van der Waals surface area (Å²) in [5, 5.41) is 6.02. The number of hydrogen-bond acceptors (Lipinski definition) is 4. The summed E-state index contributed by atoms with van der Waals surface area (Å²) in [5.74, 6) is -0.838. The van der Waals surface area contributed by atoms with Gasteiger partial charge in [0.2, 0.25) is 11.8 Å². The lowest BCUT2D eigenvalue weighted by Gasteiger charge is -2.35. The summed E-state index contributed by atoms with van der Waals surface area (Å²) in [6, 6.07) is 4.80. The fourth-order valence-electron chi connectivity index (χ4n) is 3.43. The molecule has 1 aromatic carbocycles. The lowest BCUT2D eigenvalue weighted by Crippen LogP contribution is -2.58. The number of carbonyl (C=O) groups excluding carboxylic acids is 3. The van der Waals surface area contributed by atoms with Crippen LogP contribution < -0.4 is 10.6 Å². The SMILES string of the molecule is CNC(=O)C[C@@H]1C(=O)NCCN1C(=O)c1cc(C)nc2c(C)c(C)ccc12. The number of nitrogens with zero attached hydrogens (tertiary/aromatic N) is 2. The highest BCUT2D eigenvalue weighted by Crippen LogP contribution is 2.26. The van der Waals surface area contributed by atoms with Crippen LogP contribution in [0.2, 0.25) is 0 Å². The number of hydrogen-bond donors (Lipinski definition) is 2. The molecule has 1 atom stereocenters. The average molecular weight is 368 g/mol. The molecule has 0 spiro atoms. The maximum absolute atomic E-state index is 13.4. The summed E-state index contributed by atoms with van der Waals surface area (Å²) in [4.78, 5) is 43.6. The number of piperazine rings is 1. The average Bonchev–Trinajstić information content (AvgIpc) is 2.65. The van der Waals surface area contributed by atoms with Gasteiger partial charge < -0.3 is 15.5 Å². The molecule has 2 heterocycles. The molecule has 0 radical (unpaired) electrons. The van der Waals surface area contributed by atoms with E-state index in [9.17, 15) is 14.4 Å². The van der Waals surface area contributed by atoms with Crippen molar-refractivity contribution >= 4 is 28.6 Å². The zero-order chi connectivity index (χ0) is 19.7. The number of amides is 3. The molecular weight excluding hydrogens is 344 g/mol. The summed E-state index contributed by atoms with van der Waals surface area (Å²) in [6.07, 6.45) is -0.0613. The van der Waals surface area contributed by atoms with Crippen LogP contribution >= 0.6 is 0 Å². The van der Waals surface area contributed by atoms with Gasteiger partial charge in [0.25, 0.3) is 5.91 Å². The molecule has 142 valence electrons. The molecule has 1 saturated heterocycles. The van der Waals surface area contributed by atoms with Crippen LogP contribution in [-0.4, -0.2) is 53.8 Å². The fourth-order valence-corrected chi connectivity index (χ4v) is 3.43. The van der Waals surface area contributed by atoms with Gasteiger partial charge in [0, 0.05) is 31.2 Å². The van der Waals surface area contributed by atoms with Gasteiger partial charge in [-0.15, -0.1) is 0 Å². The molecule has 0 aliphatic carbocycles. The highest BCUT2D eigenvalue weighted by atomic mass is 16.2. The van der Waals surface area contributed by atoms with Gasteiger partial charge in [0.15, 0.2) is 0 Å². The maximum Gasteiger partial charge on any atom is 0.255 e. The minimum atomic E-state index is -0.818. The van der Waals surface area contributed by atoms with Gasteiger partial charge in [-0.1, -0.05) is 12.1 Å². The van der Waals surface area contributed by atoms with Gasteiger partial charge >= 0.3 is 0 Å². The molecule has 1 aliphatic heterocycles. The number of aryl methyl sites for hydroxylation is 3. The van der Waals surface area contributed by atoms with Crippen LogP contribution in [0.15, 0.2) is 18.2 Å². The van der Waals surface area contributed by atoms with Gasteiger partial charge in [0.1, 0.15) is 6.04 Å². The Labute approximate surface area is 158 Å². The van der Waals surface area contributed by atoms with E-state index >= 15 is 0 Å². The Morgan fingerprint density at radius 1 is 1.30 bits per heavy atom. The van der Waals surface area contributed by atoms with Crippen molar-refractivity contribution in [3.63, 3.8) is 0 Å². The van der Waals surface area contributed by atoms with Crippen molar-refractivity contribution in [3.8, 4) is 0 Å². The number of carbonyl (C=O) groups is 3. The van der Waals surface area contributed by atoms with Crippen LogP contribution in [0.5, 0.6) is 0 Å². The van der Waals surface area contributed by atoms with E-state index in [1.807, 2.05) is 32.9 Å². The van der Waals surface area contributed by atoms with E-state index in [1.54, 1.807) is 6.07 Å². The Morgan fingerprint density at radius 3 is 2.74 bits per heavy atom. The van der Waals surface area contributed by atoms with E-state index < -0.39 is 6.04 Å². The minimum Gasteiger partial charge on any atom is -0.359 e. The zero-order valence-corrected chi connectivity index (χ0v) is 16.0. The highest BCUT2D eigenvalue weighted by Gasteiger charge is 2.35. The summed E-state index contributed by atoms with van der Waals surface area (Å²) in [6.45, 7) is 6.58. The third-order valence-electron chi connectivity index (χ3n) is 5.11. The Balaban J connectivity index is 2.07. The molecule has 1 aromatic heterocycles. The molecule has 2 N–H and O–H groups in total. The summed E-state index contributed by atoms with van der Waals surface area (Å²) in [5.41, 5.74) is 4.18. The number of benzene rings is 1. The third-order valence-corrected chi connectivity index (χ3v) is 5.11. The van der Waals surface area contributed by atoms with E-state index in [1.165, 1.54) is 11.9 Å². The second kappa shape index (κ2) is 7.34. The van der Waals surface area contributed by atoms with Gasteiger partial charge in [-0.25, -0.2) is 0 Å². The number of aromatic nitrogens is 1. The highest BCUT2D eigenvalue weighted by molar-refractivity contribution is 6.08. The zero-order valence-electron chi connectivity index (χ0n) is 16.0. The fraction of sp³-hybridized carbons (Fsp3) is 0.400. The molecule has 27 heavy (non-hydrogen) atoms. The summed E-state index contributed by atoms with van der Waals surface area (Å²) < 4.78 is 0. The monoisotopic (exact) mass is 368 g/mol. The minimum absolute atomic E-state index is 0.0613. The summed E-state index contributed by atoms with van der Waals surface area (Å²) >= 11 is 0. The molecule has 1 fully saturated rings. The van der Waals surface area contributed by atoms with Crippen LogP contribution in [0, 0.1) is 20.8 Å². The van der Waals surface area contributed by atoms with E-state index in [0.29, 0.717) is 18.7 Å². The lowest BCUT2D eigenvalue weighted by atomic mass is 9.99. The van der Waals surface area contributed by atoms with Crippen molar-refractivity contribution in [2.24, 2.45) is 0 Å². The number of rotatable bonds is 3. The predicted octanol–water partition coefficient (Wildman–Crippen LogP) is 1.24. The molecule has 0 saturated carbocycles. The second-order valence-electron chi connectivity index (χ2n) is 6.90. The second-order valence-corrected chi connectivity index (χ2v) is 6.90. The van der Waals surface area contributed by atoms with E-state index in [2.05, 4.69) is 15.6 Å². The van der Waals surface area contributed by atoms with Crippen molar-refractivity contribution in [3.05, 3.63) is 40.6 Å². The van der Waals surface area contributed by atoms with Crippen molar-refractivity contribution in [2.75, 3.05) is 20.1 Å². The first-order valence-electron chi connectivity index (χ1n) is 9.00. The standard InChI is InChI=1S/C20H24N4O3/c1-11-5-6-14-15(9-12(2)23-18(14)13(11)3)20(27)24-8-7-22-19(26)16(24)10-17(25)21-4/h5-6,9,16H,7-8,10H2,1-4H3,(H,21,25)(H,22,26)/t16-/m1/s1. The van der Waals surface area contributed by atoms with Crippen LogP contribution in [0.25, 0.3) is 10.9 Å². The Bertz CT molecular complexity index is 938. The molecule has 1 aliphatic rings. The number of pyridine rings is 1. The predicted molar refractivity (Wildman–Crippen MR) is 102 cm³/mol. The molecule has 0 bridgehead atoms. The van der Waals surface area contributed by atoms with Crippen LogP contribution in [0.1, 0.15) is 33.6 Å². The normalized spacial score (nSPS) is 17.0. The van der Waals surface area contributed by atoms with Crippen LogP contribution in [0.3, 0.4) is 0 Å². The molecule has 7 nitrogen and oxygen atoms in total. The van der Waals surface area contributed by atoms with Gasteiger partial charge in [-0.05, 0) is 38.0 Å². The lowest BCUT2D eigenvalue weighted by molar-refractivity contribution is -0.132. The molecular formula is C20H24N4O3. The van der Waals surface area contributed by atoms with Gasteiger partial charge in [0.05, 0.1) is 17.5 Å². The maximum atomic E-state index is 13.4. The first-order chi connectivity index (χ1) is 12.8. The molecule has 3 amide bonds. The number of nitrogens with one attached hydrogen (secondary N) is 2. The Hall–Kier alpha value is -2.96. The molecule has 2 aromatic rings. The topological polar surface area (TPSA) is 91.4 Å². The largest absolute Gasteiger partial charge is 0.359 e. The first kappa shape index (κ1) is 18.8. The van der Waals surface area contributed by atoms with Crippen LogP contribution in [0.4, 0.5) is 0 Å². The van der Waals surface area contributed by atoms with E-state index in [-0.39, 0.29) is 24.1 Å². The Morgan fingerprint density at radius 2 is 2.04 bits per heavy atom. The molecule has 3 rings (SSSR count). The summed E-state index contributed by atoms with van der Waals surface area (Å²) in [7, 11) is 1.51.